The number of hydrogen-bond donors (Lipinski definition) is 0. The second-order valence-corrected chi connectivity index (χ2v) is 7.19. The fourth-order valence-corrected chi connectivity index (χ4v) is 5.22. The van der Waals surface area contributed by atoms with E-state index >= 15 is 0 Å². The molecule has 2 bridgehead atoms. The van der Waals surface area contributed by atoms with E-state index in [-0.39, 0.29) is 23.7 Å². The highest BCUT2D eigenvalue weighted by molar-refractivity contribution is 6.25. The molecule has 24 heavy (non-hydrogen) atoms. The van der Waals surface area contributed by atoms with Crippen molar-refractivity contribution in [1.82, 2.24) is 0 Å². The summed E-state index contributed by atoms with van der Waals surface area (Å²) in [6.45, 7) is 0. The third-order valence-electron chi connectivity index (χ3n) is 6.19. The van der Waals surface area contributed by atoms with Crippen LogP contribution in [0.15, 0.2) is 36.4 Å². The van der Waals surface area contributed by atoms with Gasteiger partial charge in [0.25, 0.3) is 0 Å². The third kappa shape index (κ3) is 1.57. The SMILES string of the molecule is N#Cc1ccc(N2C(=O)C3C4CCC(C4)C3C2=O)c2ccccc12. The Balaban J connectivity index is 1.68. The fraction of sp³-hybridized carbons (Fsp3) is 0.350. The van der Waals surface area contributed by atoms with Gasteiger partial charge in [0.1, 0.15) is 0 Å². The van der Waals surface area contributed by atoms with E-state index in [0.29, 0.717) is 23.1 Å². The maximum absolute atomic E-state index is 13.0. The molecule has 2 aromatic rings. The molecular formula is C20H16N2O2. The van der Waals surface area contributed by atoms with Gasteiger partial charge >= 0.3 is 0 Å². The van der Waals surface area contributed by atoms with Crippen molar-refractivity contribution in [1.29, 1.82) is 5.26 Å². The predicted molar refractivity (Wildman–Crippen MR) is 89.0 cm³/mol. The number of carbonyl (C=O) groups is 2. The molecule has 3 fully saturated rings. The average Bonchev–Trinajstić information content (AvgIpc) is 3.28. The van der Waals surface area contributed by atoms with Crippen molar-refractivity contribution in [2.75, 3.05) is 4.90 Å². The number of anilines is 1. The van der Waals surface area contributed by atoms with E-state index in [1.165, 1.54) is 4.90 Å². The standard InChI is InChI=1S/C20H16N2O2/c21-10-13-7-8-16(15-4-2-1-3-14(13)15)22-19(23)17-11-5-6-12(9-11)18(17)20(22)24/h1-4,7-8,11-12,17-18H,5-6,9H2. The summed E-state index contributed by atoms with van der Waals surface area (Å²) in [6, 6.07) is 13.1. The monoisotopic (exact) mass is 316 g/mol. The van der Waals surface area contributed by atoms with Crippen LogP contribution in [0.5, 0.6) is 0 Å². The van der Waals surface area contributed by atoms with E-state index in [9.17, 15) is 14.9 Å². The normalized spacial score (nSPS) is 30.9. The average molecular weight is 316 g/mol. The minimum atomic E-state index is -0.120. The Bertz CT molecular complexity index is 914. The fourth-order valence-electron chi connectivity index (χ4n) is 5.22. The molecule has 4 nitrogen and oxygen atoms in total. The molecule has 3 aliphatic rings. The van der Waals surface area contributed by atoms with Crippen molar-refractivity contribution in [2.45, 2.75) is 19.3 Å². The number of amides is 2. The van der Waals surface area contributed by atoms with Gasteiger partial charge in [0.15, 0.2) is 0 Å². The maximum Gasteiger partial charge on any atom is 0.237 e. The lowest BCUT2D eigenvalue weighted by atomic mass is 9.81. The van der Waals surface area contributed by atoms with Gasteiger partial charge in [0, 0.05) is 10.8 Å². The van der Waals surface area contributed by atoms with E-state index in [1.807, 2.05) is 24.3 Å². The molecule has 1 aliphatic heterocycles. The van der Waals surface area contributed by atoms with Crippen LogP contribution in [0.2, 0.25) is 0 Å². The first-order valence-electron chi connectivity index (χ1n) is 8.50. The van der Waals surface area contributed by atoms with E-state index in [2.05, 4.69) is 6.07 Å². The quantitative estimate of drug-likeness (QED) is 0.759. The lowest BCUT2D eigenvalue weighted by molar-refractivity contribution is -0.123. The molecule has 118 valence electrons. The molecule has 2 saturated carbocycles. The zero-order chi connectivity index (χ0) is 16.4. The molecule has 2 aliphatic carbocycles. The summed E-state index contributed by atoms with van der Waals surface area (Å²) in [5.41, 5.74) is 1.20. The number of hydrogen-bond acceptors (Lipinski definition) is 3. The predicted octanol–water partition coefficient (Wildman–Crippen LogP) is 3.25. The highest BCUT2D eigenvalue weighted by Gasteiger charge is 2.61. The lowest BCUT2D eigenvalue weighted by Gasteiger charge is -2.19. The van der Waals surface area contributed by atoms with Crippen molar-refractivity contribution in [3.63, 3.8) is 0 Å². The summed E-state index contributed by atoms with van der Waals surface area (Å²) in [4.78, 5) is 27.5. The van der Waals surface area contributed by atoms with Crippen LogP contribution in [0, 0.1) is 35.0 Å². The largest absolute Gasteiger partial charge is 0.274 e. The van der Waals surface area contributed by atoms with Gasteiger partial charge in [-0.2, -0.15) is 5.26 Å². The molecular weight excluding hydrogens is 300 g/mol. The van der Waals surface area contributed by atoms with E-state index in [0.717, 1.165) is 30.0 Å². The number of fused-ring (bicyclic) bond motifs is 6. The van der Waals surface area contributed by atoms with Gasteiger partial charge in [-0.25, -0.2) is 4.90 Å². The lowest BCUT2D eigenvalue weighted by Crippen LogP contribution is -2.32. The van der Waals surface area contributed by atoms with Crippen molar-refractivity contribution in [3.8, 4) is 6.07 Å². The summed E-state index contributed by atoms with van der Waals surface area (Å²) in [5, 5.41) is 10.9. The minimum absolute atomic E-state index is 0.0351. The summed E-state index contributed by atoms with van der Waals surface area (Å²) in [6.07, 6.45) is 3.19. The molecule has 2 aromatic carbocycles. The zero-order valence-electron chi connectivity index (χ0n) is 13.1. The molecule has 1 saturated heterocycles. The van der Waals surface area contributed by atoms with Crippen LogP contribution in [-0.4, -0.2) is 11.8 Å². The first-order chi connectivity index (χ1) is 11.7. The Kier molecular flexibility index (Phi) is 2.67. The van der Waals surface area contributed by atoms with Gasteiger partial charge in [0.05, 0.1) is 29.2 Å². The molecule has 4 unspecified atom stereocenters. The Hall–Kier alpha value is -2.67. The van der Waals surface area contributed by atoms with Crippen LogP contribution in [0.25, 0.3) is 10.8 Å². The summed E-state index contributed by atoms with van der Waals surface area (Å²) < 4.78 is 0. The number of nitrogens with zero attached hydrogens (tertiary/aromatic N) is 2. The van der Waals surface area contributed by atoms with Crippen LogP contribution in [0.3, 0.4) is 0 Å². The van der Waals surface area contributed by atoms with Gasteiger partial charge in [-0.1, -0.05) is 24.3 Å². The van der Waals surface area contributed by atoms with Gasteiger partial charge in [-0.05, 0) is 43.2 Å². The number of nitriles is 1. The summed E-state index contributed by atoms with van der Waals surface area (Å²) in [5.74, 6) is 0.452. The van der Waals surface area contributed by atoms with Crippen LogP contribution in [-0.2, 0) is 9.59 Å². The van der Waals surface area contributed by atoms with Crippen molar-refractivity contribution >= 4 is 28.3 Å². The molecule has 2 amide bonds. The third-order valence-corrected chi connectivity index (χ3v) is 6.19. The van der Waals surface area contributed by atoms with Crippen molar-refractivity contribution < 1.29 is 9.59 Å². The maximum atomic E-state index is 13.0. The van der Waals surface area contributed by atoms with Crippen LogP contribution >= 0.6 is 0 Å². The first kappa shape index (κ1) is 13.7. The van der Waals surface area contributed by atoms with Crippen molar-refractivity contribution in [2.24, 2.45) is 23.7 Å². The highest BCUT2D eigenvalue weighted by Crippen LogP contribution is 2.56. The van der Waals surface area contributed by atoms with E-state index < -0.39 is 0 Å². The minimum Gasteiger partial charge on any atom is -0.274 e. The molecule has 0 spiro atoms. The second-order valence-electron chi connectivity index (χ2n) is 7.19. The Morgan fingerprint density at radius 1 is 0.917 bits per heavy atom. The smallest absolute Gasteiger partial charge is 0.237 e. The van der Waals surface area contributed by atoms with Gasteiger partial charge in [-0.3, -0.25) is 9.59 Å². The van der Waals surface area contributed by atoms with Crippen LogP contribution in [0.4, 0.5) is 5.69 Å². The summed E-state index contributed by atoms with van der Waals surface area (Å²) in [7, 11) is 0. The van der Waals surface area contributed by atoms with Crippen molar-refractivity contribution in [3.05, 3.63) is 42.0 Å². The first-order valence-corrected chi connectivity index (χ1v) is 8.50. The summed E-state index contributed by atoms with van der Waals surface area (Å²) >= 11 is 0. The number of imide groups is 1. The Labute approximate surface area is 139 Å². The number of carbonyl (C=O) groups excluding carboxylic acids is 2. The molecule has 4 atom stereocenters. The number of benzene rings is 2. The molecule has 1 heterocycles. The molecule has 0 radical (unpaired) electrons. The molecule has 0 aromatic heterocycles. The van der Waals surface area contributed by atoms with Gasteiger partial charge in [-0.15, -0.1) is 0 Å². The van der Waals surface area contributed by atoms with E-state index in [1.54, 1.807) is 12.1 Å². The zero-order valence-corrected chi connectivity index (χ0v) is 13.1. The second kappa shape index (κ2) is 4.67. The topological polar surface area (TPSA) is 61.2 Å². The molecule has 0 N–H and O–H groups in total. The van der Waals surface area contributed by atoms with Gasteiger partial charge in [0.2, 0.25) is 11.8 Å². The Morgan fingerprint density at radius 3 is 2.17 bits per heavy atom. The highest BCUT2D eigenvalue weighted by atomic mass is 16.2. The number of rotatable bonds is 1. The van der Waals surface area contributed by atoms with E-state index in [4.69, 9.17) is 0 Å². The van der Waals surface area contributed by atoms with Gasteiger partial charge < -0.3 is 0 Å². The Morgan fingerprint density at radius 2 is 1.54 bits per heavy atom. The van der Waals surface area contributed by atoms with Crippen LogP contribution < -0.4 is 4.90 Å². The molecule has 4 heteroatoms. The van der Waals surface area contributed by atoms with Crippen LogP contribution in [0.1, 0.15) is 24.8 Å². The molecule has 5 rings (SSSR count).